The Bertz CT molecular complexity index is 694. The summed E-state index contributed by atoms with van der Waals surface area (Å²) in [5.74, 6) is 0.769. The van der Waals surface area contributed by atoms with E-state index in [4.69, 9.17) is 10.2 Å². The third-order valence-corrected chi connectivity index (χ3v) is 7.23. The summed E-state index contributed by atoms with van der Waals surface area (Å²) >= 11 is 0. The van der Waals surface area contributed by atoms with Crippen LogP contribution in [0.25, 0.3) is 0 Å². The van der Waals surface area contributed by atoms with E-state index >= 15 is 0 Å². The number of carbonyl (C=O) groups excluding carboxylic acids is 2. The Hall–Kier alpha value is -2.12. The van der Waals surface area contributed by atoms with E-state index < -0.39 is 12.2 Å². The van der Waals surface area contributed by atoms with Gasteiger partial charge in [-0.15, -0.1) is 5.16 Å². The quantitative estimate of drug-likeness (QED) is 0.414. The molecule has 2 aliphatic heterocycles. The highest BCUT2D eigenvalue weighted by molar-refractivity contribution is 6.05. The van der Waals surface area contributed by atoms with Crippen LogP contribution < -0.4 is 5.32 Å². The van der Waals surface area contributed by atoms with E-state index in [0.29, 0.717) is 13.1 Å². The van der Waals surface area contributed by atoms with Gasteiger partial charge < -0.3 is 10.5 Å². The van der Waals surface area contributed by atoms with Crippen molar-refractivity contribution in [1.82, 2.24) is 15.1 Å². The lowest BCUT2D eigenvalue weighted by atomic mass is 9.53. The highest BCUT2D eigenvalue weighted by atomic mass is 16.4. The van der Waals surface area contributed by atoms with Crippen molar-refractivity contribution in [1.29, 1.82) is 0 Å². The number of rotatable bonds is 6. The number of oxime groups is 1. The second-order valence-electron chi connectivity index (χ2n) is 8.87. The Kier molecular flexibility index (Phi) is 4.83. The van der Waals surface area contributed by atoms with Gasteiger partial charge in [0.25, 0.3) is 5.91 Å². The van der Waals surface area contributed by atoms with E-state index in [-0.39, 0.29) is 22.8 Å². The Balaban J connectivity index is 1.59. The SMILES string of the molecule is CCCN1C(=O)C2NC(C34CCC(/C=N/O)(CC3)CC4)=NC2N(CCC)C1=O. The van der Waals surface area contributed by atoms with E-state index in [1.807, 2.05) is 13.8 Å². The first-order valence-electron chi connectivity index (χ1n) is 10.6. The summed E-state index contributed by atoms with van der Waals surface area (Å²) in [5.41, 5.74) is -0.0282. The largest absolute Gasteiger partial charge is 0.411 e. The van der Waals surface area contributed by atoms with E-state index in [1.165, 1.54) is 4.90 Å². The van der Waals surface area contributed by atoms with E-state index in [2.05, 4.69) is 10.5 Å². The Labute approximate surface area is 166 Å². The molecule has 0 radical (unpaired) electrons. The predicted molar refractivity (Wildman–Crippen MR) is 105 cm³/mol. The normalized spacial score (nSPS) is 37.4. The van der Waals surface area contributed by atoms with Crippen LogP contribution in [0.5, 0.6) is 0 Å². The fourth-order valence-electron chi connectivity index (χ4n) is 5.51. The molecule has 5 rings (SSSR count). The van der Waals surface area contributed by atoms with E-state index in [9.17, 15) is 9.59 Å². The minimum atomic E-state index is -0.465. The van der Waals surface area contributed by atoms with E-state index in [1.54, 1.807) is 11.1 Å². The molecule has 4 fully saturated rings. The van der Waals surface area contributed by atoms with Crippen molar-refractivity contribution in [2.45, 2.75) is 77.4 Å². The van der Waals surface area contributed by atoms with Crippen LogP contribution in [0.2, 0.25) is 0 Å². The van der Waals surface area contributed by atoms with Gasteiger partial charge in [-0.1, -0.05) is 13.8 Å². The lowest BCUT2D eigenvalue weighted by Gasteiger charge is -2.51. The van der Waals surface area contributed by atoms with Crippen LogP contribution in [0.3, 0.4) is 0 Å². The number of carbonyl (C=O) groups is 2. The maximum Gasteiger partial charge on any atom is 0.328 e. The Morgan fingerprint density at radius 1 is 1.14 bits per heavy atom. The lowest BCUT2D eigenvalue weighted by molar-refractivity contribution is -0.134. The summed E-state index contributed by atoms with van der Waals surface area (Å²) in [4.78, 5) is 34.0. The van der Waals surface area contributed by atoms with Crippen LogP contribution in [-0.4, -0.2) is 64.3 Å². The van der Waals surface area contributed by atoms with Crippen LogP contribution in [0, 0.1) is 10.8 Å². The first kappa shape index (κ1) is 19.2. The zero-order chi connectivity index (χ0) is 19.9. The lowest BCUT2D eigenvalue weighted by Crippen LogP contribution is -2.66. The molecule has 3 amide bonds. The van der Waals surface area contributed by atoms with Gasteiger partial charge in [0.2, 0.25) is 0 Å². The summed E-state index contributed by atoms with van der Waals surface area (Å²) in [7, 11) is 0. The van der Waals surface area contributed by atoms with Gasteiger partial charge in [-0.3, -0.25) is 14.6 Å². The molecule has 154 valence electrons. The number of aliphatic imine (C=N–C) groups is 1. The Morgan fingerprint density at radius 2 is 1.79 bits per heavy atom. The highest BCUT2D eigenvalue weighted by Gasteiger charge is 2.56. The molecule has 1 saturated heterocycles. The van der Waals surface area contributed by atoms with Gasteiger partial charge in [-0.05, 0) is 51.4 Å². The molecule has 2 heterocycles. The zero-order valence-corrected chi connectivity index (χ0v) is 16.9. The van der Waals surface area contributed by atoms with Crippen molar-refractivity contribution in [2.24, 2.45) is 21.0 Å². The first-order valence-corrected chi connectivity index (χ1v) is 10.6. The molecule has 5 aliphatic rings. The Morgan fingerprint density at radius 3 is 2.36 bits per heavy atom. The molecule has 0 spiro atoms. The molecular weight excluding hydrogens is 358 g/mol. The number of urea groups is 1. The van der Waals surface area contributed by atoms with Gasteiger partial charge in [-0.2, -0.15) is 0 Å². The molecule has 3 aliphatic carbocycles. The molecule has 28 heavy (non-hydrogen) atoms. The molecule has 2 bridgehead atoms. The molecule has 8 heteroatoms. The third-order valence-electron chi connectivity index (χ3n) is 7.23. The summed E-state index contributed by atoms with van der Waals surface area (Å²) in [6.07, 6.45) is 8.71. The third kappa shape index (κ3) is 2.79. The van der Waals surface area contributed by atoms with Gasteiger partial charge in [0.1, 0.15) is 11.9 Å². The molecule has 3 saturated carbocycles. The van der Waals surface area contributed by atoms with Gasteiger partial charge in [0, 0.05) is 30.1 Å². The summed E-state index contributed by atoms with van der Waals surface area (Å²) in [5, 5.41) is 15.8. The molecular formula is C20H31N5O3. The standard InChI is InChI=1S/C20H31N5O3/c1-3-11-24-15-14(16(26)25(12-4-2)18(24)27)22-17(23-15)20-8-5-19(6-9-20,7-10-20)13-21-28/h13-15,28H,3-12H2,1-2H3,(H,22,23)/b21-13+. The van der Waals surface area contributed by atoms with Crippen LogP contribution in [-0.2, 0) is 4.79 Å². The number of hydrogen-bond acceptors (Lipinski definition) is 6. The molecule has 2 unspecified atom stereocenters. The van der Waals surface area contributed by atoms with Crippen LogP contribution in [0.4, 0.5) is 4.79 Å². The minimum Gasteiger partial charge on any atom is -0.411 e. The van der Waals surface area contributed by atoms with Crippen molar-refractivity contribution in [2.75, 3.05) is 13.1 Å². The monoisotopic (exact) mass is 389 g/mol. The molecule has 0 aromatic carbocycles. The van der Waals surface area contributed by atoms with E-state index in [0.717, 1.165) is 57.2 Å². The smallest absolute Gasteiger partial charge is 0.328 e. The van der Waals surface area contributed by atoms with Gasteiger partial charge in [-0.25, -0.2) is 9.79 Å². The molecule has 2 atom stereocenters. The number of fused-ring (bicyclic) bond motifs is 4. The summed E-state index contributed by atoms with van der Waals surface area (Å²) in [6.45, 7) is 5.08. The van der Waals surface area contributed by atoms with Crippen molar-refractivity contribution in [3.63, 3.8) is 0 Å². The fraction of sp³-hybridized carbons (Fsp3) is 0.800. The predicted octanol–water partition coefficient (Wildman–Crippen LogP) is 2.57. The zero-order valence-electron chi connectivity index (χ0n) is 16.9. The fourth-order valence-corrected chi connectivity index (χ4v) is 5.51. The maximum atomic E-state index is 13.0. The molecule has 0 aromatic rings. The number of amides is 3. The first-order chi connectivity index (χ1) is 13.5. The van der Waals surface area contributed by atoms with Gasteiger partial charge >= 0.3 is 6.03 Å². The van der Waals surface area contributed by atoms with Crippen molar-refractivity contribution >= 4 is 24.0 Å². The molecule has 8 nitrogen and oxygen atoms in total. The minimum absolute atomic E-state index is 0.0143. The average Bonchev–Trinajstić information content (AvgIpc) is 3.16. The van der Waals surface area contributed by atoms with Gasteiger partial charge in [0.15, 0.2) is 6.17 Å². The van der Waals surface area contributed by atoms with Crippen LogP contribution >= 0.6 is 0 Å². The van der Waals surface area contributed by atoms with Gasteiger partial charge in [0.05, 0.1) is 0 Å². The van der Waals surface area contributed by atoms with Crippen molar-refractivity contribution in [3.05, 3.63) is 0 Å². The highest BCUT2D eigenvalue weighted by Crippen LogP contribution is 2.57. The second-order valence-corrected chi connectivity index (χ2v) is 8.87. The summed E-state index contributed by atoms with van der Waals surface area (Å²) < 4.78 is 0. The molecule has 0 aromatic heterocycles. The second kappa shape index (κ2) is 7.04. The number of imide groups is 1. The molecule has 2 N–H and O–H groups in total. The average molecular weight is 390 g/mol. The van der Waals surface area contributed by atoms with Crippen molar-refractivity contribution < 1.29 is 14.8 Å². The number of nitrogens with zero attached hydrogens (tertiary/aromatic N) is 4. The number of nitrogens with one attached hydrogen (secondary N) is 1. The van der Waals surface area contributed by atoms with Crippen LogP contribution in [0.15, 0.2) is 10.1 Å². The van der Waals surface area contributed by atoms with Crippen LogP contribution in [0.1, 0.15) is 65.2 Å². The number of hydrogen-bond donors (Lipinski definition) is 2. The maximum absolute atomic E-state index is 13.0. The summed E-state index contributed by atoms with van der Waals surface area (Å²) in [6, 6.07) is -0.669. The van der Waals surface area contributed by atoms with Crippen molar-refractivity contribution in [3.8, 4) is 0 Å². The topological polar surface area (TPSA) is 97.6 Å². The number of amidine groups is 1.